The molecule has 2 aliphatic rings. The molecule has 0 spiro atoms. The molecule has 4 rings (SSSR count). The predicted octanol–water partition coefficient (Wildman–Crippen LogP) is 1.66. The molecule has 0 saturated carbocycles. The number of aromatic nitrogens is 3. The average molecular weight is 297 g/mol. The van der Waals surface area contributed by atoms with Gasteiger partial charge in [-0.25, -0.2) is 0 Å². The van der Waals surface area contributed by atoms with Gasteiger partial charge in [0.2, 0.25) is 0 Å². The zero-order valence-electron chi connectivity index (χ0n) is 13.1. The van der Waals surface area contributed by atoms with E-state index in [0.717, 1.165) is 13.1 Å². The second kappa shape index (κ2) is 5.82. The first-order valence-corrected chi connectivity index (χ1v) is 8.15. The summed E-state index contributed by atoms with van der Waals surface area (Å²) in [5, 5.41) is 4.29. The molecule has 0 bridgehead atoms. The summed E-state index contributed by atoms with van der Waals surface area (Å²) in [7, 11) is 1.99. The summed E-state index contributed by atoms with van der Waals surface area (Å²) in [5.41, 5.74) is 2.51. The molecule has 0 aromatic carbocycles. The van der Waals surface area contributed by atoms with Crippen molar-refractivity contribution in [3.05, 3.63) is 48.0 Å². The van der Waals surface area contributed by atoms with Crippen molar-refractivity contribution in [2.45, 2.75) is 38.0 Å². The maximum absolute atomic E-state index is 4.48. The normalized spacial score (nSPS) is 25.7. The Balaban J connectivity index is 1.41. The van der Waals surface area contributed by atoms with Crippen LogP contribution in [-0.4, -0.2) is 49.7 Å². The van der Waals surface area contributed by atoms with E-state index in [2.05, 4.69) is 38.2 Å². The summed E-state index contributed by atoms with van der Waals surface area (Å²) in [6.45, 7) is 4.41. The Morgan fingerprint density at radius 2 is 1.86 bits per heavy atom. The highest BCUT2D eigenvalue weighted by Crippen LogP contribution is 2.33. The number of aryl methyl sites for hydroxylation is 1. The molecule has 2 saturated heterocycles. The minimum absolute atomic E-state index is 0.693. The van der Waals surface area contributed by atoms with Gasteiger partial charge in [-0.3, -0.25) is 19.5 Å². The number of hydrogen-bond donors (Lipinski definition) is 0. The summed E-state index contributed by atoms with van der Waals surface area (Å²) in [5.74, 6) is 0. The Morgan fingerprint density at radius 1 is 1.09 bits per heavy atom. The lowest BCUT2D eigenvalue weighted by Gasteiger charge is -2.25. The molecule has 2 aromatic rings. The van der Waals surface area contributed by atoms with E-state index in [1.165, 1.54) is 37.2 Å². The first-order chi connectivity index (χ1) is 10.8. The van der Waals surface area contributed by atoms with Crippen LogP contribution in [0.4, 0.5) is 0 Å². The average Bonchev–Trinajstić information content (AvgIpc) is 3.21. The molecule has 2 aliphatic heterocycles. The second-order valence-electron chi connectivity index (χ2n) is 6.50. The van der Waals surface area contributed by atoms with Gasteiger partial charge < -0.3 is 0 Å². The van der Waals surface area contributed by atoms with Gasteiger partial charge in [0.15, 0.2) is 0 Å². The van der Waals surface area contributed by atoms with Crippen LogP contribution in [0.3, 0.4) is 0 Å². The van der Waals surface area contributed by atoms with Crippen molar-refractivity contribution in [3.8, 4) is 0 Å². The topological polar surface area (TPSA) is 37.2 Å². The van der Waals surface area contributed by atoms with Crippen LogP contribution in [-0.2, 0) is 20.1 Å². The third-order valence-corrected chi connectivity index (χ3v) is 5.04. The van der Waals surface area contributed by atoms with E-state index in [1.807, 2.05) is 30.2 Å². The van der Waals surface area contributed by atoms with Crippen LogP contribution >= 0.6 is 0 Å². The Kier molecular flexibility index (Phi) is 3.68. The summed E-state index contributed by atoms with van der Waals surface area (Å²) in [6, 6.07) is 7.60. The van der Waals surface area contributed by atoms with Gasteiger partial charge in [-0.05, 0) is 25.0 Å². The van der Waals surface area contributed by atoms with Crippen molar-refractivity contribution in [1.82, 2.24) is 24.6 Å². The van der Waals surface area contributed by atoms with Gasteiger partial charge in [-0.1, -0.05) is 6.07 Å². The smallest absolute Gasteiger partial charge is 0.0544 e. The van der Waals surface area contributed by atoms with Crippen LogP contribution in [0.15, 0.2) is 36.8 Å². The van der Waals surface area contributed by atoms with Gasteiger partial charge in [0.05, 0.1) is 11.9 Å². The fourth-order valence-electron chi connectivity index (χ4n) is 4.04. The summed E-state index contributed by atoms with van der Waals surface area (Å²) >= 11 is 0. The molecular formula is C17H23N5. The molecule has 2 aromatic heterocycles. The number of fused-ring (bicyclic) bond motifs is 1. The Hall–Kier alpha value is -1.72. The Bertz CT molecular complexity index is 623. The standard InChI is InChI=1S/C17H23N5/c1-20-11-14(10-19-20)12-21-8-5-17-16(21)6-9-22(17)13-15-4-2-3-7-18-15/h2-4,7,10-11,16-17H,5-6,8-9,12-13H2,1H3/t16-,17+/m0/s1. The van der Waals surface area contributed by atoms with Crippen molar-refractivity contribution >= 4 is 0 Å². The minimum atomic E-state index is 0.693. The quantitative estimate of drug-likeness (QED) is 0.860. The van der Waals surface area contributed by atoms with E-state index in [1.54, 1.807) is 0 Å². The molecule has 2 fully saturated rings. The molecule has 4 heterocycles. The fraction of sp³-hybridized carbons (Fsp3) is 0.529. The SMILES string of the molecule is Cn1cc(CN2CC[C@@H]3[C@@H]2CCN3Cc2ccccn2)cn1. The Labute approximate surface area is 131 Å². The highest BCUT2D eigenvalue weighted by Gasteiger charge is 2.42. The van der Waals surface area contributed by atoms with Gasteiger partial charge in [-0.2, -0.15) is 5.10 Å². The predicted molar refractivity (Wildman–Crippen MR) is 85.1 cm³/mol. The molecule has 2 atom stereocenters. The molecule has 0 N–H and O–H groups in total. The van der Waals surface area contributed by atoms with Crippen LogP contribution < -0.4 is 0 Å². The first-order valence-electron chi connectivity index (χ1n) is 8.15. The third-order valence-electron chi connectivity index (χ3n) is 5.04. The van der Waals surface area contributed by atoms with Crippen LogP contribution in [0.5, 0.6) is 0 Å². The number of pyridine rings is 1. The summed E-state index contributed by atoms with van der Waals surface area (Å²) < 4.78 is 1.89. The zero-order chi connectivity index (χ0) is 14.9. The van der Waals surface area contributed by atoms with Crippen molar-refractivity contribution in [3.63, 3.8) is 0 Å². The minimum Gasteiger partial charge on any atom is -0.294 e. The van der Waals surface area contributed by atoms with E-state index in [-0.39, 0.29) is 0 Å². The number of likely N-dealkylation sites (tertiary alicyclic amines) is 2. The lowest BCUT2D eigenvalue weighted by Crippen LogP contribution is -2.36. The number of rotatable bonds is 4. The Morgan fingerprint density at radius 3 is 2.50 bits per heavy atom. The molecule has 0 aliphatic carbocycles. The van der Waals surface area contributed by atoms with Crippen molar-refractivity contribution < 1.29 is 0 Å². The van der Waals surface area contributed by atoms with Crippen LogP contribution in [0.25, 0.3) is 0 Å². The first kappa shape index (κ1) is 13.9. The van der Waals surface area contributed by atoms with Crippen molar-refractivity contribution in [2.75, 3.05) is 13.1 Å². The highest BCUT2D eigenvalue weighted by atomic mass is 15.3. The molecule has 0 radical (unpaired) electrons. The lowest BCUT2D eigenvalue weighted by molar-refractivity contribution is 0.211. The molecule has 5 heteroatoms. The van der Waals surface area contributed by atoms with Gasteiger partial charge in [0.1, 0.15) is 0 Å². The lowest BCUT2D eigenvalue weighted by atomic mass is 10.1. The summed E-state index contributed by atoms with van der Waals surface area (Å²) in [4.78, 5) is 9.74. The molecule has 0 unspecified atom stereocenters. The van der Waals surface area contributed by atoms with E-state index < -0.39 is 0 Å². The highest BCUT2D eigenvalue weighted by molar-refractivity contribution is 5.09. The van der Waals surface area contributed by atoms with E-state index in [9.17, 15) is 0 Å². The maximum atomic E-state index is 4.48. The van der Waals surface area contributed by atoms with Crippen molar-refractivity contribution in [2.24, 2.45) is 7.05 Å². The third kappa shape index (κ3) is 2.66. The molecule has 5 nitrogen and oxygen atoms in total. The molecule has 22 heavy (non-hydrogen) atoms. The monoisotopic (exact) mass is 297 g/mol. The fourth-order valence-corrected chi connectivity index (χ4v) is 4.04. The molecule has 0 amide bonds. The summed E-state index contributed by atoms with van der Waals surface area (Å²) in [6.07, 6.45) is 8.57. The number of nitrogens with zero attached hydrogens (tertiary/aromatic N) is 5. The second-order valence-corrected chi connectivity index (χ2v) is 6.50. The van der Waals surface area contributed by atoms with Crippen molar-refractivity contribution in [1.29, 1.82) is 0 Å². The van der Waals surface area contributed by atoms with Crippen LogP contribution in [0.2, 0.25) is 0 Å². The van der Waals surface area contributed by atoms with E-state index in [4.69, 9.17) is 0 Å². The van der Waals surface area contributed by atoms with Gasteiger partial charge in [0.25, 0.3) is 0 Å². The van der Waals surface area contributed by atoms with Crippen LogP contribution in [0, 0.1) is 0 Å². The van der Waals surface area contributed by atoms with Crippen LogP contribution in [0.1, 0.15) is 24.1 Å². The molecule has 116 valence electrons. The molecular weight excluding hydrogens is 274 g/mol. The van der Waals surface area contributed by atoms with E-state index in [0.29, 0.717) is 12.1 Å². The van der Waals surface area contributed by atoms with E-state index >= 15 is 0 Å². The number of hydrogen-bond acceptors (Lipinski definition) is 4. The maximum Gasteiger partial charge on any atom is 0.0544 e. The van der Waals surface area contributed by atoms with Gasteiger partial charge in [0, 0.05) is 63.3 Å². The zero-order valence-corrected chi connectivity index (χ0v) is 13.1. The van der Waals surface area contributed by atoms with Gasteiger partial charge in [-0.15, -0.1) is 0 Å². The van der Waals surface area contributed by atoms with Gasteiger partial charge >= 0.3 is 0 Å². The largest absolute Gasteiger partial charge is 0.294 e.